The molecule has 0 aliphatic carbocycles. The van der Waals surface area contributed by atoms with Crippen LogP contribution in [0.5, 0.6) is 0 Å². The fraction of sp³-hybridized carbons (Fsp3) is 0.152. The third-order valence-corrected chi connectivity index (χ3v) is 7.56. The number of anilines is 3. The van der Waals surface area contributed by atoms with Gasteiger partial charge in [0.2, 0.25) is 5.91 Å². The van der Waals surface area contributed by atoms with E-state index in [0.717, 1.165) is 16.1 Å². The van der Waals surface area contributed by atoms with Crippen LogP contribution in [0.2, 0.25) is 0 Å². The molecule has 4 aromatic rings. The molecule has 1 aromatic heterocycles. The first-order valence-electron chi connectivity index (χ1n) is 13.5. The molecule has 3 N–H and O–H groups in total. The molecule has 4 rings (SSSR count). The molecule has 9 heteroatoms. The number of hydrogen-bond acceptors (Lipinski definition) is 6. The molecule has 0 saturated heterocycles. The minimum Gasteiger partial charge on any atom is -0.378 e. The van der Waals surface area contributed by atoms with Gasteiger partial charge in [-0.1, -0.05) is 49.4 Å². The first-order chi connectivity index (χ1) is 20.3. The first kappa shape index (κ1) is 30.1. The van der Waals surface area contributed by atoms with E-state index >= 15 is 0 Å². The monoisotopic (exact) mass is 579 g/mol. The van der Waals surface area contributed by atoms with Crippen LogP contribution < -0.4 is 20.9 Å². The zero-order valence-electron chi connectivity index (χ0n) is 23.7. The van der Waals surface area contributed by atoms with Gasteiger partial charge in [-0.3, -0.25) is 14.4 Å². The summed E-state index contributed by atoms with van der Waals surface area (Å²) in [5.41, 5.74) is 2.84. The second-order valence-electron chi connectivity index (χ2n) is 9.57. The number of hydrogen-bond donors (Lipinski definition) is 3. The number of thioether (sulfide) groups is 1. The Bertz CT molecular complexity index is 1540. The molecule has 0 radical (unpaired) electrons. The Morgan fingerprint density at radius 2 is 1.62 bits per heavy atom. The molecule has 0 bridgehead atoms. The molecular formula is C33H33N5O3S. The van der Waals surface area contributed by atoms with E-state index in [1.807, 2.05) is 80.5 Å². The van der Waals surface area contributed by atoms with Crippen molar-refractivity contribution in [3.63, 3.8) is 0 Å². The van der Waals surface area contributed by atoms with Crippen molar-refractivity contribution >= 4 is 52.8 Å². The molecule has 0 fully saturated rings. The van der Waals surface area contributed by atoms with Gasteiger partial charge in [-0.05, 0) is 72.7 Å². The summed E-state index contributed by atoms with van der Waals surface area (Å²) in [6.07, 6.45) is 3.87. The summed E-state index contributed by atoms with van der Waals surface area (Å²) in [7, 11) is 3.90. The fourth-order valence-corrected chi connectivity index (χ4v) is 4.97. The van der Waals surface area contributed by atoms with E-state index in [-0.39, 0.29) is 16.9 Å². The van der Waals surface area contributed by atoms with Gasteiger partial charge < -0.3 is 20.9 Å². The number of benzene rings is 3. The maximum Gasteiger partial charge on any atom is 0.272 e. The lowest BCUT2D eigenvalue weighted by atomic mass is 10.1. The van der Waals surface area contributed by atoms with Gasteiger partial charge in [-0.15, -0.1) is 11.8 Å². The third kappa shape index (κ3) is 8.55. The number of aromatic nitrogens is 1. The Morgan fingerprint density at radius 1 is 0.881 bits per heavy atom. The van der Waals surface area contributed by atoms with Crippen molar-refractivity contribution in [2.24, 2.45) is 0 Å². The van der Waals surface area contributed by atoms with Crippen LogP contribution in [0, 0.1) is 0 Å². The molecular weight excluding hydrogens is 546 g/mol. The number of rotatable bonds is 11. The SMILES string of the molecule is CCC(Sc1cccc(NC(=O)/C(=C\c2ccc(N(C)C)cc2)NC(=O)c2ccccc2)c1)C(=O)Nc1ccccn1. The fourth-order valence-electron chi connectivity index (χ4n) is 3.95. The van der Waals surface area contributed by atoms with Crippen molar-refractivity contribution in [1.82, 2.24) is 10.3 Å². The zero-order valence-corrected chi connectivity index (χ0v) is 24.5. The Labute approximate surface area is 250 Å². The number of nitrogens with zero attached hydrogens (tertiary/aromatic N) is 2. The van der Waals surface area contributed by atoms with E-state index in [4.69, 9.17) is 0 Å². The maximum atomic E-state index is 13.5. The van der Waals surface area contributed by atoms with Crippen LogP contribution >= 0.6 is 11.8 Å². The Hall–Kier alpha value is -4.89. The quantitative estimate of drug-likeness (QED) is 0.147. The van der Waals surface area contributed by atoms with Crippen LogP contribution in [0.1, 0.15) is 29.3 Å². The number of carbonyl (C=O) groups is 3. The minimum absolute atomic E-state index is 0.0979. The Morgan fingerprint density at radius 3 is 2.29 bits per heavy atom. The number of amides is 3. The molecule has 8 nitrogen and oxygen atoms in total. The van der Waals surface area contributed by atoms with Crippen LogP contribution in [0.3, 0.4) is 0 Å². The molecule has 1 atom stereocenters. The van der Waals surface area contributed by atoms with E-state index in [0.29, 0.717) is 23.5 Å². The van der Waals surface area contributed by atoms with Crippen molar-refractivity contribution in [1.29, 1.82) is 0 Å². The second kappa shape index (κ2) is 14.7. The topological polar surface area (TPSA) is 103 Å². The third-order valence-electron chi connectivity index (χ3n) is 6.20. The van der Waals surface area contributed by atoms with Crippen molar-refractivity contribution in [2.75, 3.05) is 29.6 Å². The van der Waals surface area contributed by atoms with Crippen LogP contribution in [0.4, 0.5) is 17.2 Å². The minimum atomic E-state index is -0.474. The second-order valence-corrected chi connectivity index (χ2v) is 10.8. The van der Waals surface area contributed by atoms with Gasteiger partial charge in [0.25, 0.3) is 11.8 Å². The molecule has 42 heavy (non-hydrogen) atoms. The summed E-state index contributed by atoms with van der Waals surface area (Å²) in [6, 6.07) is 29.0. The van der Waals surface area contributed by atoms with Gasteiger partial charge in [0.05, 0.1) is 5.25 Å². The number of pyridine rings is 1. The van der Waals surface area contributed by atoms with E-state index in [1.165, 1.54) is 11.8 Å². The van der Waals surface area contributed by atoms with E-state index in [9.17, 15) is 14.4 Å². The van der Waals surface area contributed by atoms with Crippen LogP contribution in [-0.4, -0.2) is 42.1 Å². The molecule has 1 unspecified atom stereocenters. The van der Waals surface area contributed by atoms with E-state index < -0.39 is 11.8 Å². The van der Waals surface area contributed by atoms with Crippen LogP contribution in [0.15, 0.2) is 114 Å². The van der Waals surface area contributed by atoms with Crippen molar-refractivity contribution in [2.45, 2.75) is 23.5 Å². The van der Waals surface area contributed by atoms with Gasteiger partial charge in [0, 0.05) is 42.1 Å². The van der Waals surface area contributed by atoms with Crippen LogP contribution in [-0.2, 0) is 9.59 Å². The summed E-state index contributed by atoms with van der Waals surface area (Å²) in [5, 5.41) is 8.15. The van der Waals surface area contributed by atoms with Crippen molar-refractivity contribution in [3.05, 3.63) is 120 Å². The largest absolute Gasteiger partial charge is 0.378 e. The summed E-state index contributed by atoms with van der Waals surface area (Å²) in [4.78, 5) is 46.3. The zero-order chi connectivity index (χ0) is 29.9. The summed E-state index contributed by atoms with van der Waals surface area (Å²) >= 11 is 1.40. The van der Waals surface area contributed by atoms with Gasteiger partial charge >= 0.3 is 0 Å². The van der Waals surface area contributed by atoms with Crippen molar-refractivity contribution in [3.8, 4) is 0 Å². The summed E-state index contributed by atoms with van der Waals surface area (Å²) in [6.45, 7) is 1.94. The average Bonchev–Trinajstić information content (AvgIpc) is 3.00. The number of carbonyl (C=O) groups excluding carboxylic acids is 3. The van der Waals surface area contributed by atoms with Gasteiger partial charge in [0.15, 0.2) is 0 Å². The molecule has 0 aliphatic heterocycles. The summed E-state index contributed by atoms with van der Waals surface area (Å²) in [5.74, 6) is -0.519. The van der Waals surface area contributed by atoms with Crippen LogP contribution in [0.25, 0.3) is 6.08 Å². The van der Waals surface area contributed by atoms with Gasteiger partial charge in [-0.2, -0.15) is 0 Å². The molecule has 0 saturated carbocycles. The molecule has 214 valence electrons. The normalized spacial score (nSPS) is 11.7. The number of nitrogens with one attached hydrogen (secondary N) is 3. The van der Waals surface area contributed by atoms with Gasteiger partial charge in [0.1, 0.15) is 11.5 Å². The molecule has 0 aliphatic rings. The lowest BCUT2D eigenvalue weighted by Gasteiger charge is -2.16. The predicted molar refractivity (Wildman–Crippen MR) is 171 cm³/mol. The summed E-state index contributed by atoms with van der Waals surface area (Å²) < 4.78 is 0. The molecule has 3 aromatic carbocycles. The molecule has 1 heterocycles. The highest BCUT2D eigenvalue weighted by Gasteiger charge is 2.19. The average molecular weight is 580 g/mol. The Balaban J connectivity index is 1.51. The lowest BCUT2D eigenvalue weighted by molar-refractivity contribution is -0.116. The highest BCUT2D eigenvalue weighted by molar-refractivity contribution is 8.00. The standard InChI is InChI=1S/C33H33N5O3S/c1-4-29(33(41)37-30-15-8-9-20-34-30)42-27-14-10-13-25(22-27)35-32(40)28(36-31(39)24-11-6-5-7-12-24)21-23-16-18-26(19-17-23)38(2)3/h5-22,29H,4H2,1-3H3,(H,35,40)(H,36,39)(H,34,37,41)/b28-21+. The highest BCUT2D eigenvalue weighted by atomic mass is 32.2. The lowest BCUT2D eigenvalue weighted by Crippen LogP contribution is -2.30. The first-order valence-corrected chi connectivity index (χ1v) is 14.4. The van der Waals surface area contributed by atoms with Gasteiger partial charge in [-0.25, -0.2) is 4.98 Å². The smallest absolute Gasteiger partial charge is 0.272 e. The molecule has 3 amide bonds. The predicted octanol–water partition coefficient (Wildman–Crippen LogP) is 6.07. The Kier molecular flexibility index (Phi) is 10.5. The van der Waals surface area contributed by atoms with E-state index in [1.54, 1.807) is 54.7 Å². The van der Waals surface area contributed by atoms with E-state index in [2.05, 4.69) is 20.9 Å². The molecule has 0 spiro atoms. The maximum absolute atomic E-state index is 13.5. The van der Waals surface area contributed by atoms with Crippen molar-refractivity contribution < 1.29 is 14.4 Å². The highest BCUT2D eigenvalue weighted by Crippen LogP contribution is 2.28.